The number of carbonyl (C=O) groups is 2. The van der Waals surface area contributed by atoms with Gasteiger partial charge >= 0.3 is 6.03 Å². The number of nitrogens with one attached hydrogen (secondary N) is 2. The molecule has 1 fully saturated rings. The summed E-state index contributed by atoms with van der Waals surface area (Å²) in [5.41, 5.74) is 2.78. The Morgan fingerprint density at radius 1 is 1.16 bits per heavy atom. The van der Waals surface area contributed by atoms with Crippen LogP contribution in [0.4, 0.5) is 14.9 Å². The first kappa shape index (κ1) is 23.9. The van der Waals surface area contributed by atoms with Gasteiger partial charge in [0.05, 0.1) is 25.2 Å². The third-order valence-corrected chi connectivity index (χ3v) is 7.44. The second-order valence-electron chi connectivity index (χ2n) is 9.75. The van der Waals surface area contributed by atoms with Gasteiger partial charge in [-0.3, -0.25) is 9.78 Å². The summed E-state index contributed by atoms with van der Waals surface area (Å²) in [6, 6.07) is 15.4. The molecule has 38 heavy (non-hydrogen) atoms. The number of hydrogen-bond donors (Lipinski definition) is 3. The van der Waals surface area contributed by atoms with Crippen molar-refractivity contribution in [3.8, 4) is 5.75 Å². The summed E-state index contributed by atoms with van der Waals surface area (Å²) < 4.78 is 18.8. The second kappa shape index (κ2) is 9.14. The van der Waals surface area contributed by atoms with Crippen molar-refractivity contribution >= 4 is 28.5 Å². The van der Waals surface area contributed by atoms with E-state index in [0.29, 0.717) is 30.2 Å². The van der Waals surface area contributed by atoms with Crippen LogP contribution in [0.2, 0.25) is 0 Å². The van der Waals surface area contributed by atoms with Crippen LogP contribution in [-0.4, -0.2) is 70.2 Å². The minimum absolute atomic E-state index is 0.175. The number of nitrogens with zero attached hydrogens (tertiary/aromatic N) is 3. The van der Waals surface area contributed by atoms with Gasteiger partial charge in [0.25, 0.3) is 5.91 Å². The van der Waals surface area contributed by atoms with Crippen molar-refractivity contribution in [2.24, 2.45) is 0 Å². The minimum atomic E-state index is -0.644. The number of ether oxygens (including phenoxy) is 1. The molecule has 0 unspecified atom stereocenters. The van der Waals surface area contributed by atoms with Gasteiger partial charge in [0.15, 0.2) is 0 Å². The molecule has 2 aromatic heterocycles. The van der Waals surface area contributed by atoms with Crippen LogP contribution >= 0.6 is 0 Å². The van der Waals surface area contributed by atoms with Gasteiger partial charge in [-0.25, -0.2) is 9.18 Å². The molecule has 10 heteroatoms. The Labute approximate surface area is 217 Å². The number of H-pyrrole nitrogens is 1. The van der Waals surface area contributed by atoms with E-state index in [9.17, 15) is 19.1 Å². The molecular weight excluding hydrogens is 489 g/mol. The Hall–Kier alpha value is -4.44. The van der Waals surface area contributed by atoms with Crippen LogP contribution in [-0.2, 0) is 5.41 Å². The number of urea groups is 1. The van der Waals surface area contributed by atoms with E-state index >= 15 is 0 Å². The Bertz CT molecular complexity index is 1520. The summed E-state index contributed by atoms with van der Waals surface area (Å²) in [5.74, 6) is 0.0986. The highest BCUT2D eigenvalue weighted by molar-refractivity contribution is 5.95. The number of pyridine rings is 1. The number of anilines is 1. The fourth-order valence-corrected chi connectivity index (χ4v) is 5.69. The van der Waals surface area contributed by atoms with E-state index < -0.39 is 23.3 Å². The third kappa shape index (κ3) is 3.84. The lowest BCUT2D eigenvalue weighted by Crippen LogP contribution is -2.68. The number of rotatable bonds is 4. The summed E-state index contributed by atoms with van der Waals surface area (Å²) in [4.78, 5) is 37.6. The Balaban J connectivity index is 1.39. The molecule has 2 aliphatic rings. The molecule has 0 radical (unpaired) electrons. The van der Waals surface area contributed by atoms with Crippen LogP contribution in [0.5, 0.6) is 5.75 Å². The number of amides is 3. The molecule has 0 aliphatic carbocycles. The maximum absolute atomic E-state index is 13.5. The van der Waals surface area contributed by atoms with Crippen molar-refractivity contribution in [3.63, 3.8) is 0 Å². The summed E-state index contributed by atoms with van der Waals surface area (Å²) in [7, 11) is 1.59. The third-order valence-electron chi connectivity index (χ3n) is 7.44. The molecule has 1 atom stereocenters. The van der Waals surface area contributed by atoms with E-state index in [1.165, 1.54) is 24.3 Å². The zero-order valence-electron chi connectivity index (χ0n) is 20.6. The van der Waals surface area contributed by atoms with Crippen molar-refractivity contribution in [2.75, 3.05) is 38.7 Å². The van der Waals surface area contributed by atoms with Crippen LogP contribution in [0.1, 0.15) is 27.8 Å². The van der Waals surface area contributed by atoms with Gasteiger partial charge < -0.3 is 29.9 Å². The number of halogens is 1. The molecule has 6 rings (SSSR count). The molecular formula is C28H26FN5O4. The van der Waals surface area contributed by atoms with Gasteiger partial charge in [0.2, 0.25) is 0 Å². The standard InChI is InChI=1S/C28H26FN5O4/c1-38-19-9-10-20-22(12-19)32-25-23(13-35)34(27(37)31-18-7-5-17(29)6-8-18)16-28(24(20)25)14-33(15-28)26(36)21-4-2-3-11-30-21/h2-12,23,32,35H,13-16H2,1H3,(H,31,37)/t23-/m0/s1. The van der Waals surface area contributed by atoms with E-state index in [2.05, 4.69) is 15.3 Å². The summed E-state index contributed by atoms with van der Waals surface area (Å²) >= 11 is 0. The van der Waals surface area contributed by atoms with Crippen molar-refractivity contribution < 1.29 is 23.8 Å². The average molecular weight is 516 g/mol. The lowest BCUT2D eigenvalue weighted by atomic mass is 9.68. The molecule has 2 aromatic carbocycles. The van der Waals surface area contributed by atoms with Gasteiger partial charge in [-0.05, 0) is 54.1 Å². The van der Waals surface area contributed by atoms with E-state index in [1.807, 2.05) is 18.2 Å². The monoisotopic (exact) mass is 515 g/mol. The van der Waals surface area contributed by atoms with Crippen molar-refractivity contribution in [1.82, 2.24) is 19.8 Å². The lowest BCUT2D eigenvalue weighted by Gasteiger charge is -2.55. The number of likely N-dealkylation sites (tertiary alicyclic amines) is 1. The predicted octanol–water partition coefficient (Wildman–Crippen LogP) is 3.69. The van der Waals surface area contributed by atoms with E-state index in [4.69, 9.17) is 4.74 Å². The van der Waals surface area contributed by atoms with E-state index in [-0.39, 0.29) is 19.1 Å². The highest BCUT2D eigenvalue weighted by Gasteiger charge is 2.55. The van der Waals surface area contributed by atoms with Crippen LogP contribution in [0, 0.1) is 5.82 Å². The van der Waals surface area contributed by atoms with Gasteiger partial charge in [-0.2, -0.15) is 0 Å². The number of carbonyl (C=O) groups excluding carboxylic acids is 2. The van der Waals surface area contributed by atoms with E-state index in [1.54, 1.807) is 41.3 Å². The number of aliphatic hydroxyl groups is 1. The number of aromatic nitrogens is 2. The predicted molar refractivity (Wildman–Crippen MR) is 139 cm³/mol. The smallest absolute Gasteiger partial charge is 0.322 e. The highest BCUT2D eigenvalue weighted by atomic mass is 19.1. The van der Waals surface area contributed by atoms with Crippen LogP contribution in [0.15, 0.2) is 66.9 Å². The summed E-state index contributed by atoms with van der Waals surface area (Å²) in [5, 5.41) is 14.2. The second-order valence-corrected chi connectivity index (χ2v) is 9.75. The molecule has 0 bridgehead atoms. The number of aliphatic hydroxyl groups excluding tert-OH is 1. The Kier molecular flexibility index (Phi) is 5.76. The minimum Gasteiger partial charge on any atom is -0.497 e. The molecule has 194 valence electrons. The summed E-state index contributed by atoms with van der Waals surface area (Å²) in [6.45, 7) is 0.740. The zero-order chi connectivity index (χ0) is 26.4. The molecule has 2 aliphatic heterocycles. The van der Waals surface area contributed by atoms with Gasteiger partial charge in [-0.15, -0.1) is 0 Å². The maximum atomic E-state index is 13.5. The molecule has 1 spiro atoms. The van der Waals surface area contributed by atoms with Crippen LogP contribution in [0.25, 0.3) is 10.9 Å². The largest absolute Gasteiger partial charge is 0.497 e. The average Bonchev–Trinajstić information content (AvgIpc) is 3.31. The Morgan fingerprint density at radius 2 is 1.95 bits per heavy atom. The molecule has 1 saturated heterocycles. The fraction of sp³-hybridized carbons (Fsp3) is 0.250. The maximum Gasteiger partial charge on any atom is 0.322 e. The fourth-order valence-electron chi connectivity index (χ4n) is 5.69. The number of aromatic amines is 1. The zero-order valence-corrected chi connectivity index (χ0v) is 20.6. The highest BCUT2D eigenvalue weighted by Crippen LogP contribution is 2.49. The van der Waals surface area contributed by atoms with Crippen molar-refractivity contribution in [3.05, 3.63) is 89.6 Å². The molecule has 3 amide bonds. The summed E-state index contributed by atoms with van der Waals surface area (Å²) in [6.07, 6.45) is 1.59. The lowest BCUT2D eigenvalue weighted by molar-refractivity contribution is 0.0133. The van der Waals surface area contributed by atoms with Gasteiger partial charge in [0.1, 0.15) is 17.3 Å². The van der Waals surface area contributed by atoms with Crippen LogP contribution in [0.3, 0.4) is 0 Å². The topological polar surface area (TPSA) is 111 Å². The molecule has 0 saturated carbocycles. The van der Waals surface area contributed by atoms with Gasteiger partial charge in [-0.1, -0.05) is 6.07 Å². The van der Waals surface area contributed by atoms with Crippen LogP contribution < -0.4 is 10.1 Å². The van der Waals surface area contributed by atoms with Crippen molar-refractivity contribution in [1.29, 1.82) is 0 Å². The quantitative estimate of drug-likeness (QED) is 0.384. The molecule has 9 nitrogen and oxygen atoms in total. The Morgan fingerprint density at radius 3 is 2.63 bits per heavy atom. The first-order chi connectivity index (χ1) is 18.4. The number of benzene rings is 2. The number of methoxy groups -OCH3 is 1. The number of hydrogen-bond acceptors (Lipinski definition) is 5. The van der Waals surface area contributed by atoms with Gasteiger partial charge in [0, 0.05) is 54.2 Å². The van der Waals surface area contributed by atoms with Crippen molar-refractivity contribution in [2.45, 2.75) is 11.5 Å². The molecule has 4 heterocycles. The first-order valence-corrected chi connectivity index (χ1v) is 12.3. The first-order valence-electron chi connectivity index (χ1n) is 12.3. The molecule has 3 N–H and O–H groups in total. The normalized spacial score (nSPS) is 17.7. The number of fused-ring (bicyclic) bond motifs is 4. The SMILES string of the molecule is COc1ccc2c3c([nH]c2c1)[C@H](CO)N(C(=O)Nc1ccc(F)cc1)CC31CN(C(=O)c2ccccn2)C1. The van der Waals surface area contributed by atoms with E-state index in [0.717, 1.165) is 22.2 Å². The molecule has 4 aromatic rings.